The maximum absolute atomic E-state index is 12.5. The summed E-state index contributed by atoms with van der Waals surface area (Å²) in [6.07, 6.45) is 1.82. The summed E-state index contributed by atoms with van der Waals surface area (Å²) in [6, 6.07) is 13.8. The molecule has 0 radical (unpaired) electrons. The molecule has 0 atom stereocenters. The molecular formula is C19H23N3O3S. The quantitative estimate of drug-likeness (QED) is 0.808. The van der Waals surface area contributed by atoms with Crippen molar-refractivity contribution >= 4 is 15.9 Å². The van der Waals surface area contributed by atoms with Gasteiger partial charge in [0.1, 0.15) is 0 Å². The normalized spacial score (nSPS) is 15.1. The Morgan fingerprint density at radius 2 is 1.54 bits per heavy atom. The third kappa shape index (κ3) is 4.12. The molecule has 3 N–H and O–H groups in total. The molecule has 1 fully saturated rings. The van der Waals surface area contributed by atoms with Gasteiger partial charge in [0.05, 0.1) is 4.90 Å². The van der Waals surface area contributed by atoms with Crippen LogP contribution in [0.15, 0.2) is 53.4 Å². The first-order chi connectivity index (χ1) is 12.5. The van der Waals surface area contributed by atoms with E-state index in [1.807, 2.05) is 12.1 Å². The van der Waals surface area contributed by atoms with Crippen molar-refractivity contribution < 1.29 is 13.2 Å². The van der Waals surface area contributed by atoms with E-state index in [1.54, 1.807) is 36.4 Å². The fourth-order valence-corrected chi connectivity index (χ4v) is 4.45. The molecule has 0 aromatic heterocycles. The van der Waals surface area contributed by atoms with Crippen LogP contribution < -0.4 is 11.1 Å². The lowest BCUT2D eigenvalue weighted by atomic mass is 10.1. The number of carbonyl (C=O) groups is 1. The van der Waals surface area contributed by atoms with E-state index in [4.69, 9.17) is 5.73 Å². The summed E-state index contributed by atoms with van der Waals surface area (Å²) in [4.78, 5) is 12.5. The fourth-order valence-electron chi connectivity index (χ4n) is 2.93. The van der Waals surface area contributed by atoms with Gasteiger partial charge in [-0.2, -0.15) is 4.31 Å². The Morgan fingerprint density at radius 3 is 2.12 bits per heavy atom. The van der Waals surface area contributed by atoms with Gasteiger partial charge in [-0.3, -0.25) is 4.79 Å². The molecule has 0 saturated carbocycles. The van der Waals surface area contributed by atoms with Gasteiger partial charge >= 0.3 is 0 Å². The Kier molecular flexibility index (Phi) is 5.70. The van der Waals surface area contributed by atoms with Gasteiger partial charge in [0, 0.05) is 31.7 Å². The molecule has 2 aromatic carbocycles. The first kappa shape index (κ1) is 18.6. The Morgan fingerprint density at radius 1 is 0.962 bits per heavy atom. The Labute approximate surface area is 154 Å². The van der Waals surface area contributed by atoms with Gasteiger partial charge in [0.2, 0.25) is 10.0 Å². The Bertz CT molecular complexity index is 856. The Balaban J connectivity index is 1.61. The Hall–Kier alpha value is -2.22. The van der Waals surface area contributed by atoms with Crippen LogP contribution in [0.3, 0.4) is 0 Å². The highest BCUT2D eigenvalue weighted by atomic mass is 32.2. The van der Waals surface area contributed by atoms with Crippen LogP contribution in [0.5, 0.6) is 0 Å². The van der Waals surface area contributed by atoms with E-state index in [0.717, 1.165) is 24.0 Å². The largest absolute Gasteiger partial charge is 0.348 e. The molecule has 1 aliphatic heterocycles. The molecule has 26 heavy (non-hydrogen) atoms. The standard InChI is InChI=1S/C19H23N3O3S/c20-13-15-3-7-17(8-4-15)19(23)21-14-16-5-9-18(10-6-16)26(24,25)22-11-1-2-12-22/h3-10H,1-2,11-14,20H2,(H,21,23). The number of carbonyl (C=O) groups excluding carboxylic acids is 1. The van der Waals surface area contributed by atoms with Crippen molar-refractivity contribution in [1.29, 1.82) is 0 Å². The molecule has 1 heterocycles. The predicted molar refractivity (Wildman–Crippen MR) is 99.9 cm³/mol. The average Bonchev–Trinajstić information content (AvgIpc) is 3.22. The van der Waals surface area contributed by atoms with Crippen LogP contribution >= 0.6 is 0 Å². The van der Waals surface area contributed by atoms with E-state index < -0.39 is 10.0 Å². The van der Waals surface area contributed by atoms with Crippen molar-refractivity contribution in [1.82, 2.24) is 9.62 Å². The summed E-state index contributed by atoms with van der Waals surface area (Å²) >= 11 is 0. The zero-order valence-electron chi connectivity index (χ0n) is 14.5. The number of nitrogens with one attached hydrogen (secondary N) is 1. The van der Waals surface area contributed by atoms with Crippen LogP contribution in [0, 0.1) is 0 Å². The number of amides is 1. The first-order valence-electron chi connectivity index (χ1n) is 8.67. The second-order valence-corrected chi connectivity index (χ2v) is 8.28. The second kappa shape index (κ2) is 7.99. The summed E-state index contributed by atoms with van der Waals surface area (Å²) in [6.45, 7) is 1.95. The van der Waals surface area contributed by atoms with Crippen LogP contribution in [0.25, 0.3) is 0 Å². The first-order valence-corrected chi connectivity index (χ1v) is 10.1. The minimum absolute atomic E-state index is 0.178. The minimum atomic E-state index is -3.40. The summed E-state index contributed by atoms with van der Waals surface area (Å²) in [5.41, 5.74) is 7.93. The number of hydrogen-bond acceptors (Lipinski definition) is 4. The van der Waals surface area contributed by atoms with Crippen LogP contribution in [0.2, 0.25) is 0 Å². The number of nitrogens with two attached hydrogens (primary N) is 1. The van der Waals surface area contributed by atoms with E-state index in [0.29, 0.717) is 36.6 Å². The molecule has 2 aromatic rings. The number of hydrogen-bond donors (Lipinski definition) is 2. The van der Waals surface area contributed by atoms with Crippen molar-refractivity contribution in [2.24, 2.45) is 5.73 Å². The van der Waals surface area contributed by atoms with Crippen LogP contribution in [0.1, 0.15) is 34.3 Å². The SMILES string of the molecule is NCc1ccc(C(=O)NCc2ccc(S(=O)(=O)N3CCCC3)cc2)cc1. The lowest BCUT2D eigenvalue weighted by Gasteiger charge is -2.15. The third-order valence-electron chi connectivity index (χ3n) is 4.53. The van der Waals surface area contributed by atoms with Crippen molar-refractivity contribution in [3.05, 3.63) is 65.2 Å². The molecule has 1 saturated heterocycles. The molecule has 0 aliphatic carbocycles. The molecule has 138 valence electrons. The van der Waals surface area contributed by atoms with E-state index >= 15 is 0 Å². The van der Waals surface area contributed by atoms with Gasteiger partial charge in [-0.25, -0.2) is 8.42 Å². The summed E-state index contributed by atoms with van der Waals surface area (Å²) in [7, 11) is -3.40. The molecule has 0 bridgehead atoms. The van der Waals surface area contributed by atoms with Crippen molar-refractivity contribution in [2.45, 2.75) is 30.8 Å². The number of sulfonamides is 1. The molecule has 0 spiro atoms. The number of benzene rings is 2. The maximum Gasteiger partial charge on any atom is 0.251 e. The summed E-state index contributed by atoms with van der Waals surface area (Å²) < 4.78 is 26.5. The highest BCUT2D eigenvalue weighted by Crippen LogP contribution is 2.21. The van der Waals surface area contributed by atoms with Gasteiger partial charge in [-0.05, 0) is 48.2 Å². The van der Waals surface area contributed by atoms with Gasteiger partial charge in [0.15, 0.2) is 0 Å². The maximum atomic E-state index is 12.5. The van der Waals surface area contributed by atoms with Gasteiger partial charge in [-0.15, -0.1) is 0 Å². The second-order valence-electron chi connectivity index (χ2n) is 6.34. The van der Waals surface area contributed by atoms with Crippen LogP contribution in [-0.4, -0.2) is 31.7 Å². The van der Waals surface area contributed by atoms with E-state index in [-0.39, 0.29) is 5.91 Å². The molecule has 1 aliphatic rings. The van der Waals surface area contributed by atoms with E-state index in [2.05, 4.69) is 5.32 Å². The molecule has 7 heteroatoms. The highest BCUT2D eigenvalue weighted by Gasteiger charge is 2.26. The van der Waals surface area contributed by atoms with Gasteiger partial charge < -0.3 is 11.1 Å². The van der Waals surface area contributed by atoms with E-state index in [1.165, 1.54) is 4.31 Å². The topological polar surface area (TPSA) is 92.5 Å². The lowest BCUT2D eigenvalue weighted by Crippen LogP contribution is -2.28. The minimum Gasteiger partial charge on any atom is -0.348 e. The average molecular weight is 373 g/mol. The smallest absolute Gasteiger partial charge is 0.251 e. The van der Waals surface area contributed by atoms with Crippen molar-refractivity contribution in [2.75, 3.05) is 13.1 Å². The monoisotopic (exact) mass is 373 g/mol. The summed E-state index contributed by atoms with van der Waals surface area (Å²) in [5, 5.41) is 2.84. The zero-order valence-corrected chi connectivity index (χ0v) is 15.3. The van der Waals surface area contributed by atoms with Crippen molar-refractivity contribution in [3.63, 3.8) is 0 Å². The molecular weight excluding hydrogens is 350 g/mol. The fraction of sp³-hybridized carbons (Fsp3) is 0.316. The molecule has 6 nitrogen and oxygen atoms in total. The van der Waals surface area contributed by atoms with E-state index in [9.17, 15) is 13.2 Å². The van der Waals surface area contributed by atoms with Crippen LogP contribution in [-0.2, 0) is 23.1 Å². The van der Waals surface area contributed by atoms with Gasteiger partial charge in [-0.1, -0.05) is 24.3 Å². The van der Waals surface area contributed by atoms with Gasteiger partial charge in [0.25, 0.3) is 5.91 Å². The number of nitrogens with zero attached hydrogens (tertiary/aromatic N) is 1. The zero-order chi connectivity index (χ0) is 18.6. The summed E-state index contributed by atoms with van der Waals surface area (Å²) in [5.74, 6) is -0.178. The predicted octanol–water partition coefficient (Wildman–Crippen LogP) is 1.86. The molecule has 1 amide bonds. The molecule has 0 unspecified atom stereocenters. The number of rotatable bonds is 6. The lowest BCUT2D eigenvalue weighted by molar-refractivity contribution is 0.0951. The third-order valence-corrected chi connectivity index (χ3v) is 6.44. The highest BCUT2D eigenvalue weighted by molar-refractivity contribution is 7.89. The van der Waals surface area contributed by atoms with Crippen molar-refractivity contribution in [3.8, 4) is 0 Å². The van der Waals surface area contributed by atoms with Crippen LogP contribution in [0.4, 0.5) is 0 Å². The molecule has 3 rings (SSSR count).